The highest BCUT2D eigenvalue weighted by atomic mass is 14.4. The molecule has 1 fully saturated rings. The molecule has 11 rings (SSSR count). The lowest BCUT2D eigenvalue weighted by atomic mass is 9.63. The molecule has 312 valence electrons. The fraction of sp³-hybridized carbons (Fsp3) is 0.188. The van der Waals surface area contributed by atoms with Crippen molar-refractivity contribution in [1.29, 1.82) is 0 Å². The van der Waals surface area contributed by atoms with Gasteiger partial charge >= 0.3 is 0 Å². The van der Waals surface area contributed by atoms with Crippen molar-refractivity contribution in [3.63, 3.8) is 0 Å². The summed E-state index contributed by atoms with van der Waals surface area (Å²) in [5, 5.41) is 2.56. The van der Waals surface area contributed by atoms with E-state index >= 15 is 0 Å². The Morgan fingerprint density at radius 3 is 1.48 bits per heavy atom. The molecule has 0 heteroatoms. The van der Waals surface area contributed by atoms with Gasteiger partial charge in [0, 0.05) is 22.7 Å². The molecule has 1 saturated carbocycles. The zero-order valence-corrected chi connectivity index (χ0v) is 37.3. The maximum absolute atomic E-state index is 2.54. The van der Waals surface area contributed by atoms with E-state index in [1.807, 2.05) is 0 Å². The molecule has 1 atom stereocenters. The summed E-state index contributed by atoms with van der Waals surface area (Å²) in [7, 11) is 0. The molecule has 9 aromatic rings. The second-order valence-electron chi connectivity index (χ2n) is 19.3. The highest BCUT2D eigenvalue weighted by Crippen LogP contribution is 2.54. The van der Waals surface area contributed by atoms with Gasteiger partial charge in [-0.2, -0.15) is 0 Å². The van der Waals surface area contributed by atoms with Crippen LogP contribution in [0.2, 0.25) is 0 Å². The third-order valence-electron chi connectivity index (χ3n) is 15.2. The van der Waals surface area contributed by atoms with Gasteiger partial charge in [-0.15, -0.1) is 0 Å². The van der Waals surface area contributed by atoms with E-state index in [4.69, 9.17) is 0 Å². The van der Waals surface area contributed by atoms with Crippen molar-refractivity contribution >= 4 is 10.8 Å². The van der Waals surface area contributed by atoms with Gasteiger partial charge in [-0.1, -0.05) is 239 Å². The minimum absolute atomic E-state index is 0.0309. The minimum atomic E-state index is -0.133. The molecule has 0 heterocycles. The van der Waals surface area contributed by atoms with Gasteiger partial charge in [0.05, 0.1) is 0 Å². The summed E-state index contributed by atoms with van der Waals surface area (Å²) in [5.74, 6) is 1.00. The van der Waals surface area contributed by atoms with Crippen LogP contribution in [0.25, 0.3) is 33.0 Å². The number of rotatable bonds is 9. The van der Waals surface area contributed by atoms with E-state index in [1.165, 1.54) is 102 Å². The summed E-state index contributed by atoms with van der Waals surface area (Å²) in [4.78, 5) is 0. The van der Waals surface area contributed by atoms with Gasteiger partial charge in [0.25, 0.3) is 0 Å². The molecule has 0 aliphatic heterocycles. The van der Waals surface area contributed by atoms with E-state index in [-0.39, 0.29) is 22.7 Å². The summed E-state index contributed by atoms with van der Waals surface area (Å²) in [5.41, 5.74) is 18.8. The first-order chi connectivity index (χ1) is 31.4. The van der Waals surface area contributed by atoms with Crippen LogP contribution < -0.4 is 0 Å². The fourth-order valence-electron chi connectivity index (χ4n) is 11.7. The van der Waals surface area contributed by atoms with Crippen molar-refractivity contribution in [2.75, 3.05) is 0 Å². The maximum atomic E-state index is 2.54. The number of fused-ring (bicyclic) bond motifs is 4. The molecule has 0 aromatic heterocycles. The molecule has 0 bridgehead atoms. The standard InChI is InChI=1S/C64H56/c1-44-38-40-64(41-39-44,54-33-28-49(29-34-54)60(47-19-9-5-10-20-47)48-21-11-6-12-22-48)55-35-30-50(31-36-55)61(52-27-26-45-16-13-14-23-51(45)42-52)53-32-37-57-59(43-53)63(2,3)58-25-15-24-56(62(57)58)46-17-7-4-8-18-46/h4-37,42-44,60-61H,38-41H2,1-3H3. The van der Waals surface area contributed by atoms with Crippen LogP contribution in [0.5, 0.6) is 0 Å². The van der Waals surface area contributed by atoms with Crippen molar-refractivity contribution in [1.82, 2.24) is 0 Å². The Labute approximate surface area is 380 Å². The first-order valence-corrected chi connectivity index (χ1v) is 23.5. The van der Waals surface area contributed by atoms with Crippen molar-refractivity contribution in [2.45, 2.75) is 69.1 Å². The zero-order valence-electron chi connectivity index (χ0n) is 37.3. The van der Waals surface area contributed by atoms with Gasteiger partial charge in [-0.25, -0.2) is 0 Å². The Bertz CT molecular complexity index is 3020. The highest BCUT2D eigenvalue weighted by molar-refractivity contribution is 5.93. The fourth-order valence-corrected chi connectivity index (χ4v) is 11.7. The molecule has 1 unspecified atom stereocenters. The lowest BCUT2D eigenvalue weighted by molar-refractivity contribution is 0.280. The van der Waals surface area contributed by atoms with E-state index in [2.05, 4.69) is 239 Å². The minimum Gasteiger partial charge on any atom is -0.0625 e. The maximum Gasteiger partial charge on any atom is 0.0340 e. The molecule has 2 aliphatic rings. The topological polar surface area (TPSA) is 0 Å². The molecule has 0 nitrogen and oxygen atoms in total. The molecule has 0 N–H and O–H groups in total. The summed E-state index contributed by atoms with van der Waals surface area (Å²) < 4.78 is 0. The van der Waals surface area contributed by atoms with Crippen LogP contribution in [0.15, 0.2) is 218 Å². The van der Waals surface area contributed by atoms with E-state index < -0.39 is 0 Å². The molecule has 0 amide bonds. The van der Waals surface area contributed by atoms with Gasteiger partial charge in [0.1, 0.15) is 0 Å². The molecule has 9 aromatic carbocycles. The average Bonchev–Trinajstić information content (AvgIpc) is 3.58. The van der Waals surface area contributed by atoms with Crippen LogP contribution in [-0.4, -0.2) is 0 Å². The zero-order chi connectivity index (χ0) is 43.3. The molecule has 0 radical (unpaired) electrons. The lowest BCUT2D eigenvalue weighted by Gasteiger charge is -2.41. The first-order valence-electron chi connectivity index (χ1n) is 23.5. The lowest BCUT2D eigenvalue weighted by Crippen LogP contribution is -2.32. The number of hydrogen-bond acceptors (Lipinski definition) is 0. The molecule has 0 spiro atoms. The monoisotopic (exact) mass is 824 g/mol. The molecular weight excluding hydrogens is 769 g/mol. The van der Waals surface area contributed by atoms with Gasteiger partial charge in [0.15, 0.2) is 0 Å². The van der Waals surface area contributed by atoms with Crippen LogP contribution in [-0.2, 0) is 10.8 Å². The summed E-state index contributed by atoms with van der Waals surface area (Å²) >= 11 is 0. The number of hydrogen-bond donors (Lipinski definition) is 0. The van der Waals surface area contributed by atoms with E-state index in [9.17, 15) is 0 Å². The average molecular weight is 825 g/mol. The molecule has 0 saturated heterocycles. The quantitative estimate of drug-likeness (QED) is 0.127. The third kappa shape index (κ3) is 7.01. The normalized spacial score (nSPS) is 18.1. The Morgan fingerprint density at radius 2 is 0.875 bits per heavy atom. The van der Waals surface area contributed by atoms with Crippen LogP contribution in [0.3, 0.4) is 0 Å². The Morgan fingerprint density at radius 1 is 0.391 bits per heavy atom. The van der Waals surface area contributed by atoms with Gasteiger partial charge < -0.3 is 0 Å². The van der Waals surface area contributed by atoms with Gasteiger partial charge in [-0.3, -0.25) is 0 Å². The first kappa shape index (κ1) is 40.0. The predicted octanol–water partition coefficient (Wildman–Crippen LogP) is 16.7. The van der Waals surface area contributed by atoms with E-state index in [0.29, 0.717) is 0 Å². The second kappa shape index (κ2) is 16.4. The Kier molecular flexibility index (Phi) is 10.3. The van der Waals surface area contributed by atoms with Crippen LogP contribution >= 0.6 is 0 Å². The smallest absolute Gasteiger partial charge is 0.0340 e. The van der Waals surface area contributed by atoms with E-state index in [1.54, 1.807) is 0 Å². The molecule has 2 aliphatic carbocycles. The van der Waals surface area contributed by atoms with E-state index in [0.717, 1.165) is 18.8 Å². The molecule has 64 heavy (non-hydrogen) atoms. The summed E-state index contributed by atoms with van der Waals surface area (Å²) in [6.45, 7) is 7.26. The van der Waals surface area contributed by atoms with Crippen LogP contribution in [0.1, 0.15) is 114 Å². The largest absolute Gasteiger partial charge is 0.0625 e. The Hall–Kier alpha value is -6.76. The molecular formula is C64H56. The summed E-state index contributed by atoms with van der Waals surface area (Å²) in [6, 6.07) is 82.7. The van der Waals surface area contributed by atoms with Crippen molar-refractivity contribution in [3.05, 3.63) is 274 Å². The van der Waals surface area contributed by atoms with Crippen molar-refractivity contribution in [3.8, 4) is 22.3 Å². The van der Waals surface area contributed by atoms with Crippen LogP contribution in [0.4, 0.5) is 0 Å². The third-order valence-corrected chi connectivity index (χ3v) is 15.2. The van der Waals surface area contributed by atoms with Crippen molar-refractivity contribution < 1.29 is 0 Å². The number of benzene rings is 9. The van der Waals surface area contributed by atoms with Crippen molar-refractivity contribution in [2.24, 2.45) is 5.92 Å². The summed E-state index contributed by atoms with van der Waals surface area (Å²) in [6.07, 6.45) is 4.79. The van der Waals surface area contributed by atoms with Gasteiger partial charge in [0.2, 0.25) is 0 Å². The highest BCUT2D eigenvalue weighted by Gasteiger charge is 2.39. The van der Waals surface area contributed by atoms with Gasteiger partial charge in [-0.05, 0) is 120 Å². The Balaban J connectivity index is 0.999. The predicted molar refractivity (Wildman–Crippen MR) is 269 cm³/mol. The SMILES string of the molecule is CC1CCC(c2ccc(C(c3ccccc3)c3ccccc3)cc2)(c2ccc(C(c3ccc4c(c3)C(C)(C)c3cccc(-c5ccccc5)c3-4)c3ccc4ccccc4c3)cc2)CC1. The van der Waals surface area contributed by atoms with Crippen LogP contribution in [0, 0.1) is 5.92 Å². The second-order valence-corrected chi connectivity index (χ2v) is 19.3.